The maximum Gasteiger partial charge on any atom is 0.189 e. The fourth-order valence-electron chi connectivity index (χ4n) is 2.89. The molecule has 148 valence electrons. The summed E-state index contributed by atoms with van der Waals surface area (Å²) in [5.41, 5.74) is 4.35. The van der Waals surface area contributed by atoms with Crippen LogP contribution < -0.4 is 5.32 Å². The molecule has 0 aliphatic rings. The van der Waals surface area contributed by atoms with Crippen molar-refractivity contribution in [3.05, 3.63) is 70.2 Å². The minimum atomic E-state index is 0.0674. The average Bonchev–Trinajstić information content (AvgIpc) is 2.72. The Morgan fingerprint density at radius 1 is 1.03 bits per heavy atom. The van der Waals surface area contributed by atoms with Gasteiger partial charge in [0, 0.05) is 17.1 Å². The highest BCUT2D eigenvalue weighted by Gasteiger charge is 2.18. The van der Waals surface area contributed by atoms with Crippen molar-refractivity contribution in [3.63, 3.8) is 0 Å². The normalized spacial score (nSPS) is 11.2. The van der Waals surface area contributed by atoms with E-state index in [0.717, 1.165) is 11.1 Å². The molecule has 2 aromatic carbocycles. The lowest BCUT2D eigenvalue weighted by Gasteiger charge is -2.19. The Labute approximate surface area is 181 Å². The van der Waals surface area contributed by atoms with E-state index in [1.807, 2.05) is 42.7 Å². The highest BCUT2D eigenvalue weighted by Crippen LogP contribution is 2.31. The van der Waals surface area contributed by atoms with Crippen LogP contribution >= 0.6 is 23.4 Å². The number of halogens is 1. The molecule has 0 amide bonds. The number of benzene rings is 2. The average molecular weight is 423 g/mol. The third-order valence-corrected chi connectivity index (χ3v) is 5.38. The van der Waals surface area contributed by atoms with E-state index in [2.05, 4.69) is 54.3 Å². The molecule has 1 N–H and O–H groups in total. The minimum Gasteiger partial charge on any atom is -0.365 e. The quantitative estimate of drug-likeness (QED) is 0.386. The third kappa shape index (κ3) is 5.09. The fourth-order valence-corrected chi connectivity index (χ4v) is 3.38. The molecule has 1 heterocycles. The van der Waals surface area contributed by atoms with Gasteiger partial charge in [-0.25, -0.2) is 9.97 Å². The van der Waals surface area contributed by atoms with Crippen molar-refractivity contribution in [2.24, 2.45) is 0 Å². The van der Waals surface area contributed by atoms with E-state index in [1.54, 1.807) is 0 Å². The van der Waals surface area contributed by atoms with Gasteiger partial charge in [-0.3, -0.25) is 0 Å². The van der Waals surface area contributed by atoms with Gasteiger partial charge in [0.1, 0.15) is 17.5 Å². The monoisotopic (exact) mass is 422 g/mol. The maximum absolute atomic E-state index is 9.85. The van der Waals surface area contributed by atoms with E-state index in [0.29, 0.717) is 33.8 Å². The summed E-state index contributed by atoms with van der Waals surface area (Å²) in [7, 11) is 0. The molecule has 3 rings (SSSR count). The zero-order valence-electron chi connectivity index (χ0n) is 17.0. The second-order valence-electron chi connectivity index (χ2n) is 7.70. The zero-order valence-corrected chi connectivity index (χ0v) is 18.5. The Morgan fingerprint density at radius 2 is 1.69 bits per heavy atom. The summed E-state index contributed by atoms with van der Waals surface area (Å²) in [6, 6.07) is 18.1. The standard InChI is InChI=1S/C23H23ClN4S/c1-23(2,3)17-9-7-16(8-10-17)20-19(13-25)21(28-22(27-20)29-4)26-14-15-5-11-18(24)12-6-15/h5-12H,14H2,1-4H3,(H,26,27,28). The van der Waals surface area contributed by atoms with Crippen molar-refractivity contribution in [2.45, 2.75) is 37.9 Å². The van der Waals surface area contributed by atoms with Crippen LogP contribution in [0.3, 0.4) is 0 Å². The van der Waals surface area contributed by atoms with Crippen LogP contribution in [-0.2, 0) is 12.0 Å². The van der Waals surface area contributed by atoms with Crippen LogP contribution in [-0.4, -0.2) is 16.2 Å². The number of hydrogen-bond donors (Lipinski definition) is 1. The second-order valence-corrected chi connectivity index (χ2v) is 8.91. The van der Waals surface area contributed by atoms with Gasteiger partial charge in [0.25, 0.3) is 0 Å². The van der Waals surface area contributed by atoms with Crippen LogP contribution in [0.1, 0.15) is 37.5 Å². The van der Waals surface area contributed by atoms with Crippen molar-refractivity contribution in [1.82, 2.24) is 9.97 Å². The molecule has 29 heavy (non-hydrogen) atoms. The van der Waals surface area contributed by atoms with Crippen molar-refractivity contribution in [3.8, 4) is 17.3 Å². The number of hydrogen-bond acceptors (Lipinski definition) is 5. The van der Waals surface area contributed by atoms with Crippen LogP contribution in [0.5, 0.6) is 0 Å². The van der Waals surface area contributed by atoms with Gasteiger partial charge in [-0.05, 0) is 34.9 Å². The molecule has 1 aromatic heterocycles. The molecule has 6 heteroatoms. The highest BCUT2D eigenvalue weighted by atomic mass is 35.5. The third-order valence-electron chi connectivity index (χ3n) is 4.58. The van der Waals surface area contributed by atoms with Gasteiger partial charge >= 0.3 is 0 Å². The van der Waals surface area contributed by atoms with Gasteiger partial charge in [-0.1, -0.05) is 80.5 Å². The van der Waals surface area contributed by atoms with Crippen molar-refractivity contribution >= 4 is 29.2 Å². The molecule has 0 bridgehead atoms. The molecule has 3 aromatic rings. The molecule has 0 saturated carbocycles. The summed E-state index contributed by atoms with van der Waals surface area (Å²) in [4.78, 5) is 9.15. The number of nitrogens with zero attached hydrogens (tertiary/aromatic N) is 3. The lowest BCUT2D eigenvalue weighted by atomic mass is 9.86. The number of aromatic nitrogens is 2. The highest BCUT2D eigenvalue weighted by molar-refractivity contribution is 7.98. The number of anilines is 1. The minimum absolute atomic E-state index is 0.0674. The van der Waals surface area contributed by atoms with E-state index in [4.69, 9.17) is 11.6 Å². The van der Waals surface area contributed by atoms with E-state index in [1.165, 1.54) is 17.3 Å². The number of thioether (sulfide) groups is 1. The van der Waals surface area contributed by atoms with Gasteiger partial charge < -0.3 is 5.32 Å². The summed E-state index contributed by atoms with van der Waals surface area (Å²) in [5.74, 6) is 0.539. The molecule has 0 radical (unpaired) electrons. The van der Waals surface area contributed by atoms with Gasteiger partial charge in [0.15, 0.2) is 5.16 Å². The van der Waals surface area contributed by atoms with E-state index in [-0.39, 0.29) is 5.41 Å². The van der Waals surface area contributed by atoms with Gasteiger partial charge in [0.2, 0.25) is 0 Å². The van der Waals surface area contributed by atoms with Crippen LogP contribution in [0.15, 0.2) is 53.7 Å². The number of nitrogens with one attached hydrogen (secondary N) is 1. The smallest absolute Gasteiger partial charge is 0.189 e. The summed E-state index contributed by atoms with van der Waals surface area (Å²) in [6.45, 7) is 7.08. The molecule has 0 spiro atoms. The Balaban J connectivity index is 1.98. The largest absolute Gasteiger partial charge is 0.365 e. The topological polar surface area (TPSA) is 61.6 Å². The van der Waals surface area contributed by atoms with Crippen molar-refractivity contribution in [2.75, 3.05) is 11.6 Å². The molecule has 0 aliphatic carbocycles. The first-order valence-corrected chi connectivity index (χ1v) is 10.9. The molecular weight excluding hydrogens is 400 g/mol. The summed E-state index contributed by atoms with van der Waals surface area (Å²) in [5, 5.41) is 14.5. The first kappa shape index (κ1) is 21.2. The summed E-state index contributed by atoms with van der Waals surface area (Å²) < 4.78 is 0. The second kappa shape index (κ2) is 8.86. The predicted octanol–water partition coefficient (Wildman–Crippen LogP) is 6.30. The van der Waals surface area contributed by atoms with Gasteiger partial charge in [0.05, 0.1) is 5.69 Å². The summed E-state index contributed by atoms with van der Waals surface area (Å²) in [6.07, 6.45) is 1.93. The maximum atomic E-state index is 9.85. The molecule has 4 nitrogen and oxygen atoms in total. The lowest BCUT2D eigenvalue weighted by molar-refractivity contribution is 0.590. The Kier molecular flexibility index (Phi) is 6.46. The van der Waals surface area contributed by atoms with Crippen molar-refractivity contribution in [1.29, 1.82) is 5.26 Å². The number of rotatable bonds is 5. The molecule has 0 fully saturated rings. The fraction of sp³-hybridized carbons (Fsp3) is 0.261. The van der Waals surface area contributed by atoms with Crippen LogP contribution in [0.25, 0.3) is 11.3 Å². The zero-order chi connectivity index (χ0) is 21.0. The lowest BCUT2D eigenvalue weighted by Crippen LogP contribution is -2.10. The molecule has 0 unspecified atom stereocenters. The van der Waals surface area contributed by atoms with E-state index in [9.17, 15) is 5.26 Å². The van der Waals surface area contributed by atoms with Crippen LogP contribution in [0.2, 0.25) is 5.02 Å². The predicted molar refractivity (Wildman–Crippen MR) is 121 cm³/mol. The number of nitriles is 1. The molecule has 0 atom stereocenters. The van der Waals surface area contributed by atoms with Crippen LogP contribution in [0.4, 0.5) is 5.82 Å². The Morgan fingerprint density at radius 3 is 2.24 bits per heavy atom. The first-order chi connectivity index (χ1) is 13.8. The SMILES string of the molecule is CSc1nc(NCc2ccc(Cl)cc2)c(C#N)c(-c2ccc(C(C)(C)C)cc2)n1. The van der Waals surface area contributed by atoms with Crippen molar-refractivity contribution < 1.29 is 0 Å². The first-order valence-electron chi connectivity index (χ1n) is 9.27. The Bertz CT molecular complexity index is 1030. The Hall–Kier alpha value is -2.55. The molecule has 0 aliphatic heterocycles. The van der Waals surface area contributed by atoms with E-state index >= 15 is 0 Å². The molecular formula is C23H23ClN4S. The molecule has 0 saturated heterocycles. The van der Waals surface area contributed by atoms with Gasteiger partial charge in [-0.2, -0.15) is 5.26 Å². The van der Waals surface area contributed by atoms with E-state index < -0.39 is 0 Å². The van der Waals surface area contributed by atoms with Gasteiger partial charge in [-0.15, -0.1) is 0 Å². The summed E-state index contributed by atoms with van der Waals surface area (Å²) >= 11 is 7.41. The van der Waals surface area contributed by atoms with Crippen LogP contribution in [0, 0.1) is 11.3 Å².